The average Bonchev–Trinajstić information content (AvgIpc) is 2.61. The Hall–Kier alpha value is -2.05. The van der Waals surface area contributed by atoms with Crippen molar-refractivity contribution in [2.75, 3.05) is 0 Å². The van der Waals surface area contributed by atoms with Crippen LogP contribution in [-0.2, 0) is 6.18 Å². The molecule has 4 nitrogen and oxygen atoms in total. The third-order valence-electron chi connectivity index (χ3n) is 2.22. The van der Waals surface area contributed by atoms with E-state index in [1.54, 1.807) is 19.1 Å². The molecule has 0 fully saturated rings. The monoisotopic (exact) mass is 243 g/mol. The van der Waals surface area contributed by atoms with E-state index in [0.717, 1.165) is 4.68 Å². The van der Waals surface area contributed by atoms with Crippen LogP contribution in [-0.4, -0.2) is 14.8 Å². The minimum absolute atomic E-state index is 0.160. The van der Waals surface area contributed by atoms with Gasteiger partial charge >= 0.3 is 6.18 Å². The van der Waals surface area contributed by atoms with Crippen molar-refractivity contribution >= 4 is 0 Å². The number of H-pyrrole nitrogens is 1. The number of nitrogens with one attached hydrogen (secondary N) is 1. The van der Waals surface area contributed by atoms with Gasteiger partial charge in [-0.3, -0.25) is 9.89 Å². The number of halogens is 3. The normalized spacial score (nSPS) is 11.8. The molecule has 7 heteroatoms. The SMILES string of the molecule is Cc1cccnc1-n1[nH]c(C(F)(F)F)cc1=O. The lowest BCUT2D eigenvalue weighted by atomic mass is 10.3. The Kier molecular flexibility index (Phi) is 2.53. The third kappa shape index (κ3) is 2.08. The minimum Gasteiger partial charge on any atom is -0.285 e. The van der Waals surface area contributed by atoms with Gasteiger partial charge in [0.1, 0.15) is 5.69 Å². The Labute approximate surface area is 93.7 Å². The third-order valence-corrected chi connectivity index (χ3v) is 2.22. The van der Waals surface area contributed by atoms with Crippen LogP contribution in [0.1, 0.15) is 11.3 Å². The molecule has 0 saturated heterocycles. The maximum atomic E-state index is 12.4. The van der Waals surface area contributed by atoms with Gasteiger partial charge in [-0.05, 0) is 18.6 Å². The number of nitrogens with zero attached hydrogens (tertiary/aromatic N) is 2. The van der Waals surface area contributed by atoms with Crippen molar-refractivity contribution in [3.05, 3.63) is 46.0 Å². The van der Waals surface area contributed by atoms with E-state index in [0.29, 0.717) is 11.6 Å². The topological polar surface area (TPSA) is 50.7 Å². The zero-order chi connectivity index (χ0) is 12.6. The molecule has 2 rings (SSSR count). The lowest BCUT2D eigenvalue weighted by Gasteiger charge is -2.05. The molecule has 0 aromatic carbocycles. The Morgan fingerprint density at radius 3 is 2.65 bits per heavy atom. The zero-order valence-corrected chi connectivity index (χ0v) is 8.75. The second-order valence-electron chi connectivity index (χ2n) is 3.49. The van der Waals surface area contributed by atoms with Gasteiger partial charge in [0.25, 0.3) is 5.56 Å². The maximum Gasteiger partial charge on any atom is 0.432 e. The van der Waals surface area contributed by atoms with Crippen molar-refractivity contribution in [1.82, 2.24) is 14.8 Å². The summed E-state index contributed by atoms with van der Waals surface area (Å²) in [4.78, 5) is 15.3. The van der Waals surface area contributed by atoms with Crippen LogP contribution in [0.5, 0.6) is 0 Å². The van der Waals surface area contributed by atoms with Gasteiger partial charge in [-0.25, -0.2) is 9.67 Å². The highest BCUT2D eigenvalue weighted by Gasteiger charge is 2.33. The number of aryl methyl sites for hydroxylation is 1. The molecule has 0 aliphatic heterocycles. The molecule has 90 valence electrons. The van der Waals surface area contributed by atoms with Gasteiger partial charge in [0.05, 0.1) is 0 Å². The molecular weight excluding hydrogens is 235 g/mol. The number of aromatic nitrogens is 3. The molecular formula is C10H8F3N3O. The molecule has 17 heavy (non-hydrogen) atoms. The van der Waals surface area contributed by atoms with E-state index < -0.39 is 17.4 Å². The van der Waals surface area contributed by atoms with Crippen molar-refractivity contribution in [1.29, 1.82) is 0 Å². The largest absolute Gasteiger partial charge is 0.432 e. The van der Waals surface area contributed by atoms with Gasteiger partial charge in [0, 0.05) is 12.3 Å². The van der Waals surface area contributed by atoms with E-state index in [4.69, 9.17) is 0 Å². The number of aromatic amines is 1. The summed E-state index contributed by atoms with van der Waals surface area (Å²) in [6, 6.07) is 3.80. The summed E-state index contributed by atoms with van der Waals surface area (Å²) >= 11 is 0. The van der Waals surface area contributed by atoms with E-state index >= 15 is 0 Å². The smallest absolute Gasteiger partial charge is 0.285 e. The number of hydrogen-bond donors (Lipinski definition) is 1. The van der Waals surface area contributed by atoms with Crippen molar-refractivity contribution in [2.45, 2.75) is 13.1 Å². The van der Waals surface area contributed by atoms with E-state index in [1.807, 2.05) is 5.10 Å². The number of hydrogen-bond acceptors (Lipinski definition) is 2. The number of alkyl halides is 3. The van der Waals surface area contributed by atoms with Crippen molar-refractivity contribution in [2.24, 2.45) is 0 Å². The first-order chi connectivity index (χ1) is 7.89. The van der Waals surface area contributed by atoms with Crippen molar-refractivity contribution < 1.29 is 13.2 Å². The molecule has 0 spiro atoms. The van der Waals surface area contributed by atoms with E-state index in [2.05, 4.69) is 4.98 Å². The molecule has 0 amide bonds. The van der Waals surface area contributed by atoms with Gasteiger partial charge in [-0.15, -0.1) is 0 Å². The van der Waals surface area contributed by atoms with Gasteiger partial charge in [0.15, 0.2) is 5.82 Å². The zero-order valence-electron chi connectivity index (χ0n) is 8.75. The Morgan fingerprint density at radius 1 is 1.41 bits per heavy atom. The molecule has 2 aromatic rings. The molecule has 0 saturated carbocycles. The standard InChI is InChI=1S/C10H8F3N3O/c1-6-3-2-4-14-9(6)16-8(17)5-7(15-16)10(11,12)13/h2-5,15H,1H3. The second-order valence-corrected chi connectivity index (χ2v) is 3.49. The maximum absolute atomic E-state index is 12.4. The van der Waals surface area contributed by atoms with Crippen LogP contribution >= 0.6 is 0 Å². The fourth-order valence-corrected chi connectivity index (χ4v) is 1.41. The summed E-state index contributed by atoms with van der Waals surface area (Å²) in [6.07, 6.45) is -3.17. The molecule has 1 N–H and O–H groups in total. The van der Waals surface area contributed by atoms with Crippen molar-refractivity contribution in [3.63, 3.8) is 0 Å². The predicted octanol–water partition coefficient (Wildman–Crippen LogP) is 1.89. The van der Waals surface area contributed by atoms with Gasteiger partial charge in [-0.1, -0.05) is 6.07 Å². The lowest BCUT2D eigenvalue weighted by molar-refractivity contribution is -0.141. The average molecular weight is 243 g/mol. The van der Waals surface area contributed by atoms with Crippen molar-refractivity contribution in [3.8, 4) is 5.82 Å². The minimum atomic E-state index is -4.58. The summed E-state index contributed by atoms with van der Waals surface area (Å²) in [7, 11) is 0. The molecule has 0 aliphatic carbocycles. The van der Waals surface area contributed by atoms with Crippen LogP contribution < -0.4 is 5.56 Å². The van der Waals surface area contributed by atoms with E-state index in [-0.39, 0.29) is 5.82 Å². The van der Waals surface area contributed by atoms with Crippen LogP contribution in [0.3, 0.4) is 0 Å². The Bertz CT molecular complexity index is 597. The van der Waals surface area contributed by atoms with Gasteiger partial charge in [-0.2, -0.15) is 13.2 Å². The lowest BCUT2D eigenvalue weighted by Crippen LogP contribution is -2.16. The highest BCUT2D eigenvalue weighted by molar-refractivity contribution is 5.31. The van der Waals surface area contributed by atoms with Crippen LogP contribution in [0.4, 0.5) is 13.2 Å². The van der Waals surface area contributed by atoms with E-state index in [1.165, 1.54) is 6.20 Å². The van der Waals surface area contributed by atoms with Crippen LogP contribution in [0.2, 0.25) is 0 Å². The summed E-state index contributed by atoms with van der Waals surface area (Å²) in [5.74, 6) is 0.160. The first-order valence-electron chi connectivity index (χ1n) is 4.71. The molecule has 0 radical (unpaired) electrons. The number of rotatable bonds is 1. The summed E-state index contributed by atoms with van der Waals surface area (Å²) in [5, 5.41) is 2.00. The molecule has 2 heterocycles. The van der Waals surface area contributed by atoms with Crippen LogP contribution in [0, 0.1) is 6.92 Å². The first-order valence-corrected chi connectivity index (χ1v) is 4.71. The fourth-order valence-electron chi connectivity index (χ4n) is 1.41. The molecule has 0 bridgehead atoms. The molecule has 2 aromatic heterocycles. The molecule has 0 aliphatic rings. The summed E-state index contributed by atoms with van der Waals surface area (Å²) < 4.78 is 38.0. The first kappa shape index (κ1) is 11.4. The predicted molar refractivity (Wildman–Crippen MR) is 53.9 cm³/mol. The number of pyridine rings is 1. The van der Waals surface area contributed by atoms with Gasteiger partial charge in [0.2, 0.25) is 0 Å². The van der Waals surface area contributed by atoms with Crippen LogP contribution in [0.15, 0.2) is 29.2 Å². The Morgan fingerprint density at radius 2 is 2.12 bits per heavy atom. The molecule has 0 atom stereocenters. The van der Waals surface area contributed by atoms with Crippen LogP contribution in [0.25, 0.3) is 5.82 Å². The highest BCUT2D eigenvalue weighted by atomic mass is 19.4. The highest BCUT2D eigenvalue weighted by Crippen LogP contribution is 2.26. The quantitative estimate of drug-likeness (QED) is 0.831. The summed E-state index contributed by atoms with van der Waals surface area (Å²) in [6.45, 7) is 1.66. The Balaban J connectivity index is 2.59. The van der Waals surface area contributed by atoms with Gasteiger partial charge < -0.3 is 0 Å². The summed E-state index contributed by atoms with van der Waals surface area (Å²) in [5.41, 5.74) is -1.28. The molecule has 0 unspecified atom stereocenters. The second kappa shape index (κ2) is 3.76. The fraction of sp³-hybridized carbons (Fsp3) is 0.200. The van der Waals surface area contributed by atoms with E-state index in [9.17, 15) is 18.0 Å².